The summed E-state index contributed by atoms with van der Waals surface area (Å²) in [5.74, 6) is 0.511. The number of rotatable bonds is 4. The highest BCUT2D eigenvalue weighted by molar-refractivity contribution is 6.30. The highest BCUT2D eigenvalue weighted by Gasteiger charge is 2.24. The number of nitrogens with zero attached hydrogens (tertiary/aromatic N) is 2. The summed E-state index contributed by atoms with van der Waals surface area (Å²) in [6.07, 6.45) is 2.21. The highest BCUT2D eigenvalue weighted by atomic mass is 35.5. The number of carbonyl (C=O) groups is 1. The number of ether oxygens (including phenoxy) is 1. The Morgan fingerprint density at radius 1 is 1.38 bits per heavy atom. The fraction of sp³-hybridized carbons (Fsp3) is 0.222. The third-order valence-corrected chi connectivity index (χ3v) is 4.42. The monoisotopic (exact) mass is 344 g/mol. The number of hydrogen-bond acceptors (Lipinski definition) is 4. The molecule has 124 valence electrons. The van der Waals surface area contributed by atoms with E-state index in [1.807, 2.05) is 36.0 Å². The standard InChI is InChI=1S/C18H17ClN2O3/c1-10(22)12-6-7-20-18(19)16(12)17(23)14-9-21(2)15-5-4-11(24-3)8-13(14)15/h4-9,17,23H,1-3H3. The smallest absolute Gasteiger partial charge is 0.160 e. The number of pyridine rings is 1. The van der Waals surface area contributed by atoms with Crippen LogP contribution in [0.25, 0.3) is 10.9 Å². The Morgan fingerprint density at radius 2 is 2.12 bits per heavy atom. The number of methoxy groups -OCH3 is 1. The van der Waals surface area contributed by atoms with E-state index in [4.69, 9.17) is 16.3 Å². The normalized spacial score (nSPS) is 12.4. The molecule has 0 aliphatic rings. The average molecular weight is 345 g/mol. The van der Waals surface area contributed by atoms with Crippen LogP contribution < -0.4 is 4.74 Å². The maximum atomic E-state index is 11.9. The molecule has 0 saturated carbocycles. The van der Waals surface area contributed by atoms with Gasteiger partial charge < -0.3 is 14.4 Å². The summed E-state index contributed by atoms with van der Waals surface area (Å²) in [5, 5.41) is 11.9. The molecule has 0 radical (unpaired) electrons. The van der Waals surface area contributed by atoms with Crippen molar-refractivity contribution in [3.63, 3.8) is 0 Å². The second kappa shape index (κ2) is 6.26. The average Bonchev–Trinajstić information content (AvgIpc) is 2.90. The lowest BCUT2D eigenvalue weighted by Gasteiger charge is -2.15. The van der Waals surface area contributed by atoms with Crippen LogP contribution in [0.15, 0.2) is 36.7 Å². The van der Waals surface area contributed by atoms with Crippen molar-refractivity contribution in [3.05, 3.63) is 58.5 Å². The molecular formula is C18H17ClN2O3. The second-order valence-corrected chi connectivity index (χ2v) is 5.96. The number of halogens is 1. The van der Waals surface area contributed by atoms with Gasteiger partial charge in [0.2, 0.25) is 0 Å². The topological polar surface area (TPSA) is 64.3 Å². The van der Waals surface area contributed by atoms with Crippen LogP contribution in [0.4, 0.5) is 0 Å². The molecule has 3 aromatic rings. The molecule has 1 atom stereocenters. The lowest BCUT2D eigenvalue weighted by atomic mass is 9.96. The summed E-state index contributed by atoms with van der Waals surface area (Å²) >= 11 is 6.18. The molecule has 24 heavy (non-hydrogen) atoms. The third kappa shape index (κ3) is 2.66. The molecule has 0 aliphatic heterocycles. The minimum atomic E-state index is -1.07. The Morgan fingerprint density at radius 3 is 2.79 bits per heavy atom. The van der Waals surface area contributed by atoms with E-state index in [9.17, 15) is 9.90 Å². The van der Waals surface area contributed by atoms with Gasteiger partial charge in [-0.15, -0.1) is 0 Å². The van der Waals surface area contributed by atoms with Gasteiger partial charge in [-0.25, -0.2) is 4.98 Å². The molecule has 0 fully saturated rings. The van der Waals surface area contributed by atoms with Crippen molar-refractivity contribution in [2.75, 3.05) is 7.11 Å². The van der Waals surface area contributed by atoms with Crippen LogP contribution in [0.2, 0.25) is 5.15 Å². The number of aryl methyl sites for hydroxylation is 1. The van der Waals surface area contributed by atoms with Gasteiger partial charge in [-0.1, -0.05) is 11.6 Å². The van der Waals surface area contributed by atoms with Crippen molar-refractivity contribution in [2.45, 2.75) is 13.0 Å². The molecule has 0 saturated heterocycles. The molecule has 6 heteroatoms. The third-order valence-electron chi connectivity index (χ3n) is 4.12. The van der Waals surface area contributed by atoms with E-state index in [0.717, 1.165) is 10.9 Å². The van der Waals surface area contributed by atoms with Gasteiger partial charge in [0.1, 0.15) is 17.0 Å². The highest BCUT2D eigenvalue weighted by Crippen LogP contribution is 2.36. The summed E-state index contributed by atoms with van der Waals surface area (Å²) in [5.41, 5.74) is 2.27. The van der Waals surface area contributed by atoms with E-state index >= 15 is 0 Å². The number of aliphatic hydroxyl groups is 1. The Labute approximate surface area is 144 Å². The molecule has 2 heterocycles. The van der Waals surface area contributed by atoms with Gasteiger partial charge in [0.25, 0.3) is 0 Å². The maximum Gasteiger partial charge on any atom is 0.160 e. The molecule has 2 aromatic heterocycles. The van der Waals surface area contributed by atoms with Gasteiger partial charge >= 0.3 is 0 Å². The fourth-order valence-corrected chi connectivity index (χ4v) is 3.18. The Balaban J connectivity index is 2.23. The zero-order valence-corrected chi connectivity index (χ0v) is 14.3. The van der Waals surface area contributed by atoms with Gasteiger partial charge in [-0.05, 0) is 31.2 Å². The molecule has 5 nitrogen and oxygen atoms in total. The van der Waals surface area contributed by atoms with Crippen molar-refractivity contribution < 1.29 is 14.6 Å². The van der Waals surface area contributed by atoms with Crippen LogP contribution >= 0.6 is 11.6 Å². The zero-order valence-electron chi connectivity index (χ0n) is 13.6. The van der Waals surface area contributed by atoms with Gasteiger partial charge in [-0.3, -0.25) is 4.79 Å². The van der Waals surface area contributed by atoms with E-state index < -0.39 is 6.10 Å². The van der Waals surface area contributed by atoms with Crippen LogP contribution in [0.1, 0.15) is 34.5 Å². The van der Waals surface area contributed by atoms with Crippen molar-refractivity contribution in [2.24, 2.45) is 7.05 Å². The van der Waals surface area contributed by atoms with E-state index in [0.29, 0.717) is 22.4 Å². The first-order chi connectivity index (χ1) is 11.4. The molecule has 0 aliphatic carbocycles. The number of benzene rings is 1. The van der Waals surface area contributed by atoms with Crippen LogP contribution in [-0.4, -0.2) is 27.6 Å². The first-order valence-corrected chi connectivity index (χ1v) is 7.78. The van der Waals surface area contributed by atoms with Gasteiger partial charge in [-0.2, -0.15) is 0 Å². The van der Waals surface area contributed by atoms with Crippen molar-refractivity contribution in [1.82, 2.24) is 9.55 Å². The molecule has 0 amide bonds. The number of ketones is 1. The Bertz CT molecular complexity index is 933. The lowest BCUT2D eigenvalue weighted by molar-refractivity contribution is 0.101. The summed E-state index contributed by atoms with van der Waals surface area (Å²) in [6, 6.07) is 7.20. The summed E-state index contributed by atoms with van der Waals surface area (Å²) in [7, 11) is 3.48. The number of Topliss-reactive ketones (excluding diaryl/α,β-unsaturated/α-hetero) is 1. The van der Waals surface area contributed by atoms with E-state index in [-0.39, 0.29) is 10.9 Å². The van der Waals surface area contributed by atoms with Gasteiger partial charge in [0.05, 0.1) is 7.11 Å². The van der Waals surface area contributed by atoms with Crippen LogP contribution in [0, 0.1) is 0 Å². The number of aromatic nitrogens is 2. The number of fused-ring (bicyclic) bond motifs is 1. The van der Waals surface area contributed by atoms with E-state index in [1.54, 1.807) is 13.2 Å². The fourth-order valence-electron chi connectivity index (χ4n) is 2.92. The Kier molecular flexibility index (Phi) is 4.30. The number of hydrogen-bond donors (Lipinski definition) is 1. The minimum Gasteiger partial charge on any atom is -0.497 e. The Hall–Kier alpha value is -2.37. The molecule has 0 spiro atoms. The molecule has 0 bridgehead atoms. The van der Waals surface area contributed by atoms with Crippen molar-refractivity contribution in [1.29, 1.82) is 0 Å². The van der Waals surface area contributed by atoms with Crippen molar-refractivity contribution in [3.8, 4) is 5.75 Å². The number of aliphatic hydroxyl groups excluding tert-OH is 1. The summed E-state index contributed by atoms with van der Waals surface area (Å²) < 4.78 is 7.18. The minimum absolute atomic E-state index is 0.120. The van der Waals surface area contributed by atoms with E-state index in [1.165, 1.54) is 13.1 Å². The molecular weight excluding hydrogens is 328 g/mol. The summed E-state index contributed by atoms with van der Waals surface area (Å²) in [6.45, 7) is 1.44. The first kappa shape index (κ1) is 16.5. The largest absolute Gasteiger partial charge is 0.497 e. The number of carbonyl (C=O) groups excluding carboxylic acids is 1. The molecule has 1 aromatic carbocycles. The van der Waals surface area contributed by atoms with Crippen LogP contribution in [0.3, 0.4) is 0 Å². The van der Waals surface area contributed by atoms with E-state index in [2.05, 4.69) is 4.98 Å². The second-order valence-electron chi connectivity index (χ2n) is 5.60. The predicted molar refractivity (Wildman–Crippen MR) is 92.8 cm³/mol. The lowest BCUT2D eigenvalue weighted by Crippen LogP contribution is -2.08. The van der Waals surface area contributed by atoms with Crippen molar-refractivity contribution >= 4 is 28.3 Å². The molecule has 1 unspecified atom stereocenters. The molecule has 3 rings (SSSR count). The SMILES string of the molecule is COc1ccc2c(c1)c(C(O)c1c(C(C)=O)ccnc1Cl)cn2C. The van der Waals surface area contributed by atoms with Gasteiger partial charge in [0, 0.05) is 47.0 Å². The summed E-state index contributed by atoms with van der Waals surface area (Å²) in [4.78, 5) is 15.9. The molecule has 1 N–H and O–H groups in total. The maximum absolute atomic E-state index is 11.9. The van der Waals surface area contributed by atoms with Gasteiger partial charge in [0.15, 0.2) is 5.78 Å². The quantitative estimate of drug-likeness (QED) is 0.581. The first-order valence-electron chi connectivity index (χ1n) is 7.40. The van der Waals surface area contributed by atoms with Crippen LogP contribution in [-0.2, 0) is 7.05 Å². The predicted octanol–water partition coefficient (Wildman–Crippen LogP) is 3.52. The van der Waals surface area contributed by atoms with Crippen LogP contribution in [0.5, 0.6) is 5.75 Å². The zero-order chi connectivity index (χ0) is 17.4.